The van der Waals surface area contributed by atoms with Crippen LogP contribution in [-0.2, 0) is 0 Å². The molecule has 1 rings (SSSR count). The first kappa shape index (κ1) is 12.0. The topological polar surface area (TPSA) is 71.6 Å². The Morgan fingerprint density at radius 2 is 2.25 bits per heavy atom. The molecule has 0 amide bonds. The van der Waals surface area contributed by atoms with E-state index in [-0.39, 0.29) is 11.4 Å². The minimum Gasteiger partial charge on any atom is -0.369 e. The summed E-state index contributed by atoms with van der Waals surface area (Å²) in [5, 5.41) is 10.8. The molecule has 0 aliphatic carbocycles. The molecule has 1 heterocycles. The van der Waals surface area contributed by atoms with E-state index in [2.05, 4.69) is 9.98 Å². The van der Waals surface area contributed by atoms with Gasteiger partial charge in [0.2, 0.25) is 5.82 Å². The zero-order valence-electron chi connectivity index (χ0n) is 9.14. The first-order valence-corrected chi connectivity index (χ1v) is 4.43. The number of halogens is 1. The summed E-state index contributed by atoms with van der Waals surface area (Å²) < 4.78 is 13.1. The van der Waals surface area contributed by atoms with Crippen molar-refractivity contribution in [2.24, 2.45) is 4.99 Å². The van der Waals surface area contributed by atoms with Gasteiger partial charge < -0.3 is 4.90 Å². The van der Waals surface area contributed by atoms with Crippen LogP contribution >= 0.6 is 0 Å². The van der Waals surface area contributed by atoms with Crippen LogP contribution in [0.3, 0.4) is 0 Å². The van der Waals surface area contributed by atoms with Gasteiger partial charge >= 0.3 is 5.69 Å². The Hall–Kier alpha value is -2.05. The number of pyridine rings is 1. The van der Waals surface area contributed by atoms with Crippen molar-refractivity contribution in [2.45, 2.75) is 6.92 Å². The molecular weight excluding hydrogens is 215 g/mol. The molecule has 1 aromatic heterocycles. The van der Waals surface area contributed by atoms with E-state index in [1.807, 2.05) is 0 Å². The minimum absolute atomic E-state index is 0.0640. The summed E-state index contributed by atoms with van der Waals surface area (Å²) in [5.41, 5.74) is -0.469. The molecule has 0 saturated heterocycles. The van der Waals surface area contributed by atoms with Crippen LogP contribution in [-0.4, -0.2) is 35.2 Å². The molecule has 6 nitrogen and oxygen atoms in total. The summed E-state index contributed by atoms with van der Waals surface area (Å²) in [6.45, 7) is 1.32. The van der Waals surface area contributed by atoms with E-state index < -0.39 is 16.4 Å². The van der Waals surface area contributed by atoms with Crippen molar-refractivity contribution in [3.05, 3.63) is 27.7 Å². The van der Waals surface area contributed by atoms with Crippen LogP contribution in [0.15, 0.2) is 11.2 Å². The zero-order valence-corrected chi connectivity index (χ0v) is 9.14. The predicted octanol–water partition coefficient (Wildman–Crippen LogP) is 1.66. The first-order chi connectivity index (χ1) is 7.43. The van der Waals surface area contributed by atoms with Gasteiger partial charge in [-0.15, -0.1) is 0 Å². The number of aliphatic imine (C=N–C) groups is 1. The minimum atomic E-state index is -0.712. The number of nitrogens with zero attached hydrogens (tertiary/aromatic N) is 4. The van der Waals surface area contributed by atoms with E-state index in [0.717, 1.165) is 6.20 Å². The Morgan fingerprint density at radius 1 is 1.62 bits per heavy atom. The second-order valence-electron chi connectivity index (χ2n) is 3.37. The molecule has 0 aliphatic heterocycles. The van der Waals surface area contributed by atoms with Crippen molar-refractivity contribution in [1.82, 2.24) is 9.88 Å². The highest BCUT2D eigenvalue weighted by molar-refractivity contribution is 5.65. The van der Waals surface area contributed by atoms with E-state index >= 15 is 0 Å². The second-order valence-corrected chi connectivity index (χ2v) is 3.37. The second kappa shape index (κ2) is 4.65. The predicted molar refractivity (Wildman–Crippen MR) is 57.4 cm³/mol. The van der Waals surface area contributed by atoms with Crippen LogP contribution in [0, 0.1) is 22.9 Å². The van der Waals surface area contributed by atoms with Gasteiger partial charge in [-0.2, -0.15) is 0 Å². The normalized spacial score (nSPS) is 10.8. The van der Waals surface area contributed by atoms with Crippen LogP contribution in [0.2, 0.25) is 0 Å². The van der Waals surface area contributed by atoms with Gasteiger partial charge in [0, 0.05) is 14.1 Å². The van der Waals surface area contributed by atoms with Crippen LogP contribution < -0.4 is 0 Å². The van der Waals surface area contributed by atoms with Crippen LogP contribution in [0.5, 0.6) is 0 Å². The molecule has 0 aromatic carbocycles. The number of hydrogen-bond donors (Lipinski definition) is 0. The summed E-state index contributed by atoms with van der Waals surface area (Å²) in [5.74, 6) is -0.812. The van der Waals surface area contributed by atoms with Crippen LogP contribution in [0.4, 0.5) is 15.9 Å². The third-order valence-electron chi connectivity index (χ3n) is 1.82. The SMILES string of the molecule is Cc1c(F)cnc(/N=C/N(C)C)c1[N+](=O)[O-]. The van der Waals surface area contributed by atoms with Gasteiger partial charge in [0.05, 0.1) is 23.0 Å². The average molecular weight is 226 g/mol. The maximum absolute atomic E-state index is 13.1. The fourth-order valence-electron chi connectivity index (χ4n) is 1.04. The van der Waals surface area contributed by atoms with Gasteiger partial charge in [0.15, 0.2) is 5.82 Å². The van der Waals surface area contributed by atoms with Crippen molar-refractivity contribution >= 4 is 17.8 Å². The molecule has 1 aromatic rings. The Labute approximate surface area is 91.6 Å². The lowest BCUT2D eigenvalue weighted by Gasteiger charge is -2.04. The van der Waals surface area contributed by atoms with E-state index in [4.69, 9.17) is 0 Å². The van der Waals surface area contributed by atoms with Gasteiger partial charge in [-0.1, -0.05) is 0 Å². The Balaban J connectivity index is 3.29. The molecule has 0 aliphatic rings. The summed E-state index contributed by atoms with van der Waals surface area (Å²) in [4.78, 5) is 19.1. The first-order valence-electron chi connectivity index (χ1n) is 4.43. The van der Waals surface area contributed by atoms with Gasteiger partial charge in [-0.25, -0.2) is 14.4 Å². The van der Waals surface area contributed by atoms with E-state index in [9.17, 15) is 14.5 Å². The standard InChI is InChI=1S/C9H11FN4O2/c1-6-7(10)4-11-9(8(6)14(15)16)12-5-13(2)3/h4-5H,1-3H3/b12-5+. The molecule has 0 bridgehead atoms. The number of nitro groups is 1. The lowest BCUT2D eigenvalue weighted by Crippen LogP contribution is -2.07. The maximum Gasteiger partial charge on any atom is 0.319 e. The molecular formula is C9H11FN4O2. The third kappa shape index (κ3) is 2.50. The lowest BCUT2D eigenvalue weighted by atomic mass is 10.2. The summed E-state index contributed by atoms with van der Waals surface area (Å²) in [6.07, 6.45) is 2.29. The van der Waals surface area contributed by atoms with Crippen molar-refractivity contribution in [1.29, 1.82) is 0 Å². The van der Waals surface area contributed by atoms with Gasteiger partial charge in [0.1, 0.15) is 0 Å². The van der Waals surface area contributed by atoms with Crippen molar-refractivity contribution in [3.63, 3.8) is 0 Å². The molecule has 0 spiro atoms. The van der Waals surface area contributed by atoms with Crippen LogP contribution in [0.25, 0.3) is 0 Å². The zero-order chi connectivity index (χ0) is 12.3. The fraction of sp³-hybridized carbons (Fsp3) is 0.333. The maximum atomic E-state index is 13.1. The summed E-state index contributed by atoms with van der Waals surface area (Å²) in [7, 11) is 3.43. The van der Waals surface area contributed by atoms with Gasteiger partial charge in [-0.05, 0) is 6.92 Å². The molecule has 0 saturated carbocycles. The molecule has 0 unspecified atom stereocenters. The average Bonchev–Trinajstić information content (AvgIpc) is 2.19. The van der Waals surface area contributed by atoms with Crippen LogP contribution in [0.1, 0.15) is 5.56 Å². The monoisotopic (exact) mass is 226 g/mol. The number of hydrogen-bond acceptors (Lipinski definition) is 4. The lowest BCUT2D eigenvalue weighted by molar-refractivity contribution is -0.385. The Bertz CT molecular complexity index is 445. The third-order valence-corrected chi connectivity index (χ3v) is 1.82. The molecule has 0 N–H and O–H groups in total. The largest absolute Gasteiger partial charge is 0.369 e. The Morgan fingerprint density at radius 3 is 2.75 bits per heavy atom. The molecule has 0 fully saturated rings. The summed E-state index contributed by atoms with van der Waals surface area (Å²) in [6, 6.07) is 0. The number of rotatable bonds is 3. The van der Waals surface area contributed by atoms with E-state index in [1.54, 1.807) is 19.0 Å². The molecule has 0 atom stereocenters. The van der Waals surface area contributed by atoms with E-state index in [0.29, 0.717) is 0 Å². The molecule has 7 heteroatoms. The van der Waals surface area contributed by atoms with Crippen molar-refractivity contribution in [2.75, 3.05) is 14.1 Å². The van der Waals surface area contributed by atoms with Crippen molar-refractivity contribution < 1.29 is 9.31 Å². The van der Waals surface area contributed by atoms with Gasteiger partial charge in [0.25, 0.3) is 0 Å². The molecule has 86 valence electrons. The summed E-state index contributed by atoms with van der Waals surface area (Å²) >= 11 is 0. The smallest absolute Gasteiger partial charge is 0.319 e. The Kier molecular flexibility index (Phi) is 3.49. The highest BCUT2D eigenvalue weighted by Crippen LogP contribution is 2.29. The highest BCUT2D eigenvalue weighted by atomic mass is 19.1. The van der Waals surface area contributed by atoms with Crippen molar-refractivity contribution in [3.8, 4) is 0 Å². The molecule has 16 heavy (non-hydrogen) atoms. The fourth-order valence-corrected chi connectivity index (χ4v) is 1.04. The van der Waals surface area contributed by atoms with E-state index in [1.165, 1.54) is 13.3 Å². The van der Waals surface area contributed by atoms with Gasteiger partial charge in [-0.3, -0.25) is 10.1 Å². The highest BCUT2D eigenvalue weighted by Gasteiger charge is 2.21. The number of aromatic nitrogens is 1. The molecule has 0 radical (unpaired) electrons. The quantitative estimate of drug-likeness (QED) is 0.340.